The molecule has 128 valence electrons. The van der Waals surface area contributed by atoms with Crippen LogP contribution in [0.1, 0.15) is 29.0 Å². The molecule has 2 amide bonds. The molecule has 2 heterocycles. The zero-order chi connectivity index (χ0) is 17.3. The van der Waals surface area contributed by atoms with E-state index in [9.17, 15) is 9.59 Å². The van der Waals surface area contributed by atoms with Crippen LogP contribution in [-0.2, 0) is 4.79 Å². The Labute approximate surface area is 144 Å². The number of hydrogen-bond acceptors (Lipinski definition) is 4. The summed E-state index contributed by atoms with van der Waals surface area (Å²) < 4.78 is 5.69. The number of benzene rings is 1. The van der Waals surface area contributed by atoms with Gasteiger partial charge in [0.15, 0.2) is 5.76 Å². The van der Waals surface area contributed by atoms with Crippen molar-refractivity contribution in [1.29, 1.82) is 0 Å². The van der Waals surface area contributed by atoms with E-state index in [0.717, 1.165) is 36.9 Å². The molecule has 2 aromatic rings. The first-order valence-corrected chi connectivity index (χ1v) is 8.32. The van der Waals surface area contributed by atoms with Crippen molar-refractivity contribution in [1.82, 2.24) is 10.2 Å². The second-order valence-electron chi connectivity index (χ2n) is 6.19. The van der Waals surface area contributed by atoms with Crippen molar-refractivity contribution >= 4 is 34.4 Å². The Kier molecular flexibility index (Phi) is 4.78. The highest BCUT2D eigenvalue weighted by Crippen LogP contribution is 2.28. The van der Waals surface area contributed by atoms with Crippen LogP contribution in [0.15, 0.2) is 22.6 Å². The number of furan rings is 1. The summed E-state index contributed by atoms with van der Waals surface area (Å²) in [4.78, 5) is 25.5. The van der Waals surface area contributed by atoms with E-state index in [0.29, 0.717) is 16.4 Å². The molecule has 1 aliphatic heterocycles. The zero-order valence-corrected chi connectivity index (χ0v) is 14.2. The molecular weight excluding hydrogens is 330 g/mol. The molecule has 0 atom stereocenters. The fourth-order valence-corrected chi connectivity index (χ4v) is 3.29. The Bertz CT molecular complexity index is 779. The van der Waals surface area contributed by atoms with Crippen LogP contribution in [0.25, 0.3) is 11.0 Å². The van der Waals surface area contributed by atoms with E-state index >= 15 is 0 Å². The van der Waals surface area contributed by atoms with Crippen molar-refractivity contribution in [2.24, 2.45) is 5.73 Å². The molecule has 6 nitrogen and oxygen atoms in total. The zero-order valence-electron chi connectivity index (χ0n) is 13.5. The van der Waals surface area contributed by atoms with Gasteiger partial charge >= 0.3 is 0 Å². The Morgan fingerprint density at radius 3 is 2.75 bits per heavy atom. The van der Waals surface area contributed by atoms with Gasteiger partial charge in [-0.3, -0.25) is 14.5 Å². The van der Waals surface area contributed by atoms with E-state index in [-0.39, 0.29) is 24.4 Å². The van der Waals surface area contributed by atoms with Gasteiger partial charge in [0.05, 0.1) is 6.54 Å². The molecule has 1 aromatic heterocycles. The Morgan fingerprint density at radius 2 is 2.08 bits per heavy atom. The SMILES string of the molecule is Cc1c(C(=O)NC2CCN(CC(N)=O)CC2)oc2ccc(Cl)cc12. The maximum absolute atomic E-state index is 12.5. The van der Waals surface area contributed by atoms with Crippen molar-refractivity contribution < 1.29 is 14.0 Å². The van der Waals surface area contributed by atoms with Crippen LogP contribution in [0, 0.1) is 6.92 Å². The lowest BCUT2D eigenvalue weighted by atomic mass is 10.0. The standard InChI is InChI=1S/C17H20ClN3O3/c1-10-13-8-11(18)2-3-14(13)24-16(10)17(23)20-12-4-6-21(7-5-12)9-15(19)22/h2-3,8,12H,4-7,9H2,1H3,(H2,19,22)(H,20,23). The van der Waals surface area contributed by atoms with Gasteiger partial charge in [-0.05, 0) is 38.0 Å². The third-order valence-corrected chi connectivity index (χ3v) is 4.64. The third kappa shape index (κ3) is 3.55. The largest absolute Gasteiger partial charge is 0.451 e. The summed E-state index contributed by atoms with van der Waals surface area (Å²) in [5.41, 5.74) is 6.65. The van der Waals surface area contributed by atoms with Gasteiger partial charge in [-0.2, -0.15) is 0 Å². The minimum atomic E-state index is -0.325. The van der Waals surface area contributed by atoms with E-state index in [1.807, 2.05) is 11.8 Å². The fourth-order valence-electron chi connectivity index (χ4n) is 3.12. The van der Waals surface area contributed by atoms with Crippen LogP contribution in [0.4, 0.5) is 0 Å². The van der Waals surface area contributed by atoms with Gasteiger partial charge in [-0.15, -0.1) is 0 Å². The number of nitrogens with one attached hydrogen (secondary N) is 1. The van der Waals surface area contributed by atoms with E-state index in [2.05, 4.69) is 5.32 Å². The second kappa shape index (κ2) is 6.83. The summed E-state index contributed by atoms with van der Waals surface area (Å²) in [5, 5.41) is 4.48. The van der Waals surface area contributed by atoms with E-state index < -0.39 is 0 Å². The number of carbonyl (C=O) groups excluding carboxylic acids is 2. The lowest BCUT2D eigenvalue weighted by Crippen LogP contribution is -2.46. The predicted octanol–water partition coefficient (Wildman–Crippen LogP) is 2.07. The van der Waals surface area contributed by atoms with E-state index in [4.69, 9.17) is 21.8 Å². The van der Waals surface area contributed by atoms with Crippen LogP contribution in [0.3, 0.4) is 0 Å². The maximum Gasteiger partial charge on any atom is 0.287 e. The quantitative estimate of drug-likeness (QED) is 0.884. The highest BCUT2D eigenvalue weighted by atomic mass is 35.5. The van der Waals surface area contributed by atoms with E-state index in [1.54, 1.807) is 18.2 Å². The molecule has 1 aliphatic rings. The second-order valence-corrected chi connectivity index (χ2v) is 6.62. The molecule has 1 saturated heterocycles. The summed E-state index contributed by atoms with van der Waals surface area (Å²) in [6, 6.07) is 5.37. The number of aryl methyl sites for hydroxylation is 1. The van der Waals surface area contributed by atoms with Crippen LogP contribution >= 0.6 is 11.6 Å². The Balaban J connectivity index is 1.66. The summed E-state index contributed by atoms with van der Waals surface area (Å²) in [5.74, 6) is -0.214. The normalized spacial score (nSPS) is 16.4. The van der Waals surface area contributed by atoms with Crippen molar-refractivity contribution in [3.63, 3.8) is 0 Å². The molecule has 7 heteroatoms. The smallest absolute Gasteiger partial charge is 0.287 e. The molecule has 3 rings (SSSR count). The Hall–Kier alpha value is -2.05. The van der Waals surface area contributed by atoms with Crippen LogP contribution < -0.4 is 11.1 Å². The number of carbonyl (C=O) groups is 2. The Morgan fingerprint density at radius 1 is 1.38 bits per heavy atom. The molecule has 0 unspecified atom stereocenters. The lowest BCUT2D eigenvalue weighted by molar-refractivity contribution is -0.119. The van der Waals surface area contributed by atoms with Crippen LogP contribution in [0.5, 0.6) is 0 Å². The minimum absolute atomic E-state index is 0.0674. The molecule has 0 aliphatic carbocycles. The van der Waals surface area contributed by atoms with Gasteiger partial charge in [0.1, 0.15) is 5.58 Å². The van der Waals surface area contributed by atoms with Gasteiger partial charge in [-0.1, -0.05) is 11.6 Å². The first-order chi connectivity index (χ1) is 11.4. The summed E-state index contributed by atoms with van der Waals surface area (Å²) in [6.07, 6.45) is 1.56. The number of nitrogens with two attached hydrogens (primary N) is 1. The molecule has 3 N–H and O–H groups in total. The van der Waals surface area contributed by atoms with Crippen molar-refractivity contribution in [3.05, 3.63) is 34.5 Å². The number of hydrogen-bond donors (Lipinski definition) is 2. The molecule has 0 spiro atoms. The molecule has 24 heavy (non-hydrogen) atoms. The van der Waals surface area contributed by atoms with Crippen molar-refractivity contribution in [3.8, 4) is 0 Å². The highest BCUT2D eigenvalue weighted by Gasteiger charge is 2.24. The fraction of sp³-hybridized carbons (Fsp3) is 0.412. The van der Waals surface area contributed by atoms with Crippen LogP contribution in [0.2, 0.25) is 5.02 Å². The maximum atomic E-state index is 12.5. The summed E-state index contributed by atoms with van der Waals surface area (Å²) in [6.45, 7) is 3.60. The molecule has 0 radical (unpaired) electrons. The third-order valence-electron chi connectivity index (χ3n) is 4.41. The number of nitrogens with zero attached hydrogens (tertiary/aromatic N) is 1. The van der Waals surface area contributed by atoms with E-state index in [1.165, 1.54) is 0 Å². The van der Waals surface area contributed by atoms with Crippen LogP contribution in [-0.4, -0.2) is 42.4 Å². The number of halogens is 1. The summed E-state index contributed by atoms with van der Waals surface area (Å²) in [7, 11) is 0. The van der Waals surface area contributed by atoms with Gasteiger partial charge in [0, 0.05) is 35.1 Å². The first-order valence-electron chi connectivity index (χ1n) is 7.94. The molecular formula is C17H20ClN3O3. The van der Waals surface area contributed by atoms with Gasteiger partial charge in [0.2, 0.25) is 5.91 Å². The number of piperidine rings is 1. The van der Waals surface area contributed by atoms with Crippen molar-refractivity contribution in [2.75, 3.05) is 19.6 Å². The topological polar surface area (TPSA) is 88.6 Å². The number of amides is 2. The van der Waals surface area contributed by atoms with Gasteiger partial charge in [0.25, 0.3) is 5.91 Å². The number of primary amides is 1. The number of fused-ring (bicyclic) bond motifs is 1. The van der Waals surface area contributed by atoms with Crippen molar-refractivity contribution in [2.45, 2.75) is 25.8 Å². The molecule has 1 fully saturated rings. The average molecular weight is 350 g/mol. The highest BCUT2D eigenvalue weighted by molar-refractivity contribution is 6.31. The molecule has 1 aromatic carbocycles. The lowest BCUT2D eigenvalue weighted by Gasteiger charge is -2.31. The molecule has 0 saturated carbocycles. The van der Waals surface area contributed by atoms with Gasteiger partial charge < -0.3 is 15.5 Å². The number of rotatable bonds is 4. The molecule has 0 bridgehead atoms. The first kappa shape index (κ1) is 16.8. The summed E-state index contributed by atoms with van der Waals surface area (Å²) >= 11 is 6.00. The minimum Gasteiger partial charge on any atom is -0.451 e. The number of likely N-dealkylation sites (tertiary alicyclic amines) is 1. The van der Waals surface area contributed by atoms with Gasteiger partial charge in [-0.25, -0.2) is 0 Å². The predicted molar refractivity (Wildman–Crippen MR) is 92.1 cm³/mol. The monoisotopic (exact) mass is 349 g/mol. The average Bonchev–Trinajstić information content (AvgIpc) is 2.86.